The van der Waals surface area contributed by atoms with Crippen molar-refractivity contribution < 1.29 is 19.1 Å². The van der Waals surface area contributed by atoms with E-state index in [-0.39, 0.29) is 11.3 Å². The van der Waals surface area contributed by atoms with E-state index in [1.165, 1.54) is 37.7 Å². The van der Waals surface area contributed by atoms with Crippen LogP contribution in [0.5, 0.6) is 11.5 Å². The molecule has 2 heterocycles. The van der Waals surface area contributed by atoms with Crippen molar-refractivity contribution in [3.8, 4) is 22.2 Å². The number of hydrogen-bond donors (Lipinski definition) is 3. The molecule has 4 N–H and O–H groups in total. The van der Waals surface area contributed by atoms with Gasteiger partial charge in [0.1, 0.15) is 6.04 Å². The molecule has 1 unspecified atom stereocenters. The number of ether oxygens (including phenoxy) is 2. The molecule has 152 valence electrons. The van der Waals surface area contributed by atoms with E-state index in [1.54, 1.807) is 11.5 Å². The van der Waals surface area contributed by atoms with Crippen LogP contribution in [-0.2, 0) is 4.79 Å². The highest BCUT2D eigenvalue weighted by molar-refractivity contribution is 7.71. The van der Waals surface area contributed by atoms with Crippen LogP contribution in [0.1, 0.15) is 23.3 Å². The summed E-state index contributed by atoms with van der Waals surface area (Å²) < 4.78 is 12.4. The predicted octanol–water partition coefficient (Wildman–Crippen LogP) is 2.98. The van der Waals surface area contributed by atoms with Crippen LogP contribution in [0.25, 0.3) is 10.7 Å². The molecule has 9 nitrogen and oxygen atoms in total. The Morgan fingerprint density at radius 2 is 2.00 bits per heavy atom. The number of amides is 2. The minimum absolute atomic E-state index is 0.0949. The van der Waals surface area contributed by atoms with Gasteiger partial charge in [-0.3, -0.25) is 19.3 Å². The maximum Gasteiger partial charge on any atom is 0.250 e. The predicted molar refractivity (Wildman–Crippen MR) is 112 cm³/mol. The number of carbonyl (C=O) groups is 2. The number of nitrogens with zero attached hydrogens (tertiary/aromatic N) is 2. The van der Waals surface area contributed by atoms with Crippen molar-refractivity contribution in [1.82, 2.24) is 14.8 Å². The second kappa shape index (κ2) is 8.45. The molecule has 0 aliphatic carbocycles. The van der Waals surface area contributed by atoms with Crippen molar-refractivity contribution in [2.75, 3.05) is 19.5 Å². The largest absolute Gasteiger partial charge is 0.493 e. The summed E-state index contributed by atoms with van der Waals surface area (Å²) in [4.78, 5) is 25.7. The first-order valence-electron chi connectivity index (χ1n) is 8.44. The number of nitrogens with one attached hydrogen (secondary N) is 2. The molecule has 0 fully saturated rings. The SMILES string of the molecule is COc1cc(NC(=O)C(C)n2c(-c3cccs3)n[nH]c2=S)c(C(N)=O)cc1OC. The van der Waals surface area contributed by atoms with Gasteiger partial charge in [-0.2, -0.15) is 5.10 Å². The highest BCUT2D eigenvalue weighted by Crippen LogP contribution is 2.34. The zero-order valence-electron chi connectivity index (χ0n) is 15.9. The molecule has 3 rings (SSSR count). The topological polar surface area (TPSA) is 124 Å². The number of anilines is 1. The Balaban J connectivity index is 1.96. The van der Waals surface area contributed by atoms with E-state index in [9.17, 15) is 9.59 Å². The third-order valence-electron chi connectivity index (χ3n) is 4.26. The van der Waals surface area contributed by atoms with Gasteiger partial charge in [0.05, 0.1) is 30.3 Å². The van der Waals surface area contributed by atoms with E-state index in [4.69, 9.17) is 27.4 Å². The second-order valence-corrected chi connectivity index (χ2v) is 7.32. The molecule has 0 spiro atoms. The van der Waals surface area contributed by atoms with E-state index < -0.39 is 17.9 Å². The van der Waals surface area contributed by atoms with Crippen molar-refractivity contribution in [1.29, 1.82) is 0 Å². The van der Waals surface area contributed by atoms with Crippen molar-refractivity contribution in [3.05, 3.63) is 40.0 Å². The van der Waals surface area contributed by atoms with Gasteiger partial charge in [-0.05, 0) is 36.7 Å². The number of primary amides is 1. The summed E-state index contributed by atoms with van der Waals surface area (Å²) in [6, 6.07) is 5.96. The molecule has 0 saturated carbocycles. The molecule has 0 aliphatic heterocycles. The fourth-order valence-electron chi connectivity index (χ4n) is 2.78. The lowest BCUT2D eigenvalue weighted by Gasteiger charge is -2.18. The standard InChI is InChI=1S/C18H19N5O4S2/c1-9(23-16(21-22-18(23)28)14-5-4-6-29-14)17(25)20-11-8-13(27-3)12(26-2)7-10(11)15(19)24/h4-9H,1-3H3,(H2,19,24)(H,20,25)(H,22,28). The van der Waals surface area contributed by atoms with Crippen molar-refractivity contribution in [2.45, 2.75) is 13.0 Å². The molecule has 0 bridgehead atoms. The smallest absolute Gasteiger partial charge is 0.250 e. The van der Waals surface area contributed by atoms with Crippen molar-refractivity contribution in [3.63, 3.8) is 0 Å². The average molecular weight is 434 g/mol. The van der Waals surface area contributed by atoms with E-state index in [1.807, 2.05) is 17.5 Å². The Morgan fingerprint density at radius 1 is 1.31 bits per heavy atom. The summed E-state index contributed by atoms with van der Waals surface area (Å²) in [5.74, 6) is 0.0993. The molecule has 29 heavy (non-hydrogen) atoms. The summed E-state index contributed by atoms with van der Waals surface area (Å²) in [5, 5.41) is 11.6. The normalized spacial score (nSPS) is 11.7. The van der Waals surface area contributed by atoms with Gasteiger partial charge >= 0.3 is 0 Å². The minimum atomic E-state index is -0.716. The Labute approximate surface area is 175 Å². The molecular weight excluding hydrogens is 414 g/mol. The van der Waals surface area contributed by atoms with Crippen molar-refractivity contribution in [2.24, 2.45) is 5.73 Å². The fraction of sp³-hybridized carbons (Fsp3) is 0.222. The molecule has 3 aromatic rings. The number of methoxy groups -OCH3 is 2. The Hall–Kier alpha value is -3.18. The van der Waals surface area contributed by atoms with E-state index in [2.05, 4.69) is 15.5 Å². The average Bonchev–Trinajstić information content (AvgIpc) is 3.36. The summed E-state index contributed by atoms with van der Waals surface area (Å²) in [5.41, 5.74) is 5.77. The first-order chi connectivity index (χ1) is 13.9. The van der Waals surface area contributed by atoms with Gasteiger partial charge in [0.15, 0.2) is 22.1 Å². The fourth-order valence-corrected chi connectivity index (χ4v) is 3.78. The summed E-state index contributed by atoms with van der Waals surface area (Å²) in [6.07, 6.45) is 0. The molecule has 0 radical (unpaired) electrons. The molecule has 0 aliphatic rings. The maximum absolute atomic E-state index is 13.0. The van der Waals surface area contributed by atoms with E-state index in [0.717, 1.165) is 4.88 Å². The molecule has 1 atom stereocenters. The van der Waals surface area contributed by atoms with Crippen LogP contribution in [0.3, 0.4) is 0 Å². The molecule has 2 aromatic heterocycles. The molecule has 0 saturated heterocycles. The lowest BCUT2D eigenvalue weighted by Crippen LogP contribution is -2.26. The lowest BCUT2D eigenvalue weighted by atomic mass is 10.1. The number of benzene rings is 1. The van der Waals surface area contributed by atoms with Gasteiger partial charge in [0.2, 0.25) is 5.91 Å². The Morgan fingerprint density at radius 3 is 2.59 bits per heavy atom. The van der Waals surface area contributed by atoms with E-state index >= 15 is 0 Å². The number of thiophene rings is 1. The van der Waals surface area contributed by atoms with Gasteiger partial charge in [0, 0.05) is 6.07 Å². The number of carbonyl (C=O) groups excluding carboxylic acids is 2. The monoisotopic (exact) mass is 433 g/mol. The molecule has 11 heteroatoms. The second-order valence-electron chi connectivity index (χ2n) is 5.98. The zero-order chi connectivity index (χ0) is 21.1. The van der Waals surface area contributed by atoms with Crippen molar-refractivity contribution >= 4 is 41.1 Å². The molecule has 2 amide bonds. The van der Waals surface area contributed by atoms with Crippen LogP contribution in [0.4, 0.5) is 5.69 Å². The van der Waals surface area contributed by atoms with Gasteiger partial charge in [0.25, 0.3) is 5.91 Å². The van der Waals surface area contributed by atoms with E-state index in [0.29, 0.717) is 22.1 Å². The number of rotatable bonds is 7. The van der Waals surface area contributed by atoms with Crippen LogP contribution in [0.2, 0.25) is 0 Å². The van der Waals surface area contributed by atoms with Gasteiger partial charge < -0.3 is 20.5 Å². The number of hydrogen-bond acceptors (Lipinski definition) is 7. The van der Waals surface area contributed by atoms with Gasteiger partial charge in [-0.15, -0.1) is 11.3 Å². The number of nitrogens with two attached hydrogens (primary N) is 1. The first kappa shape index (κ1) is 20.6. The first-order valence-corrected chi connectivity index (χ1v) is 9.73. The van der Waals surface area contributed by atoms with Crippen LogP contribution in [0.15, 0.2) is 29.6 Å². The highest BCUT2D eigenvalue weighted by Gasteiger charge is 2.24. The summed E-state index contributed by atoms with van der Waals surface area (Å²) >= 11 is 6.78. The van der Waals surface area contributed by atoms with Crippen LogP contribution in [0, 0.1) is 4.77 Å². The maximum atomic E-state index is 13.0. The third-order valence-corrected chi connectivity index (χ3v) is 5.41. The Kier molecular flexibility index (Phi) is 5.99. The third kappa shape index (κ3) is 4.00. The highest BCUT2D eigenvalue weighted by atomic mass is 32.1. The van der Waals surface area contributed by atoms with Gasteiger partial charge in [-0.25, -0.2) is 0 Å². The summed E-state index contributed by atoms with van der Waals surface area (Å²) in [6.45, 7) is 1.68. The molecule has 1 aromatic carbocycles. The number of aromatic nitrogens is 3. The minimum Gasteiger partial charge on any atom is -0.493 e. The van der Waals surface area contributed by atoms with Gasteiger partial charge in [-0.1, -0.05) is 6.07 Å². The Bertz CT molecular complexity index is 1100. The van der Waals surface area contributed by atoms with Crippen LogP contribution in [-0.4, -0.2) is 40.8 Å². The zero-order valence-corrected chi connectivity index (χ0v) is 17.5. The van der Waals surface area contributed by atoms with Crippen LogP contribution >= 0.6 is 23.6 Å². The quantitative estimate of drug-likeness (QED) is 0.492. The van der Waals surface area contributed by atoms with Crippen LogP contribution < -0.4 is 20.5 Å². The number of aromatic amines is 1. The molecular formula is C18H19N5O4S2. The lowest BCUT2D eigenvalue weighted by molar-refractivity contribution is -0.118. The summed E-state index contributed by atoms with van der Waals surface area (Å²) in [7, 11) is 2.89. The number of H-pyrrole nitrogens is 1.